The van der Waals surface area contributed by atoms with Gasteiger partial charge in [-0.15, -0.1) is 11.3 Å². The van der Waals surface area contributed by atoms with Crippen LogP contribution in [0.5, 0.6) is 11.5 Å². The summed E-state index contributed by atoms with van der Waals surface area (Å²) in [4.78, 5) is 10.1. The lowest BCUT2D eigenvalue weighted by Crippen LogP contribution is -2.01. The number of hydrogen-bond acceptors (Lipinski definition) is 6. The van der Waals surface area contributed by atoms with Gasteiger partial charge in [-0.1, -0.05) is 6.07 Å². The molecule has 0 aliphatic rings. The molecule has 2 rings (SSSR count). The van der Waals surface area contributed by atoms with Crippen LogP contribution in [0.2, 0.25) is 0 Å². The Labute approximate surface area is 121 Å². The highest BCUT2D eigenvalue weighted by Crippen LogP contribution is 2.41. The third-order valence-electron chi connectivity index (χ3n) is 2.33. The number of hydrogen-bond donors (Lipinski definition) is 4. The van der Waals surface area contributed by atoms with Crippen LogP contribution in [-0.2, 0) is 0 Å². The van der Waals surface area contributed by atoms with Gasteiger partial charge in [-0.25, -0.2) is 0 Å². The first-order chi connectivity index (χ1) is 9.08. The lowest BCUT2D eigenvalue weighted by atomic mass is 10.1. The van der Waals surface area contributed by atoms with Gasteiger partial charge in [0.1, 0.15) is 0 Å². The van der Waals surface area contributed by atoms with Gasteiger partial charge in [-0.2, -0.15) is 0 Å². The third-order valence-corrected chi connectivity index (χ3v) is 5.20. The molecule has 0 spiro atoms. The highest BCUT2D eigenvalue weighted by molar-refractivity contribution is 7.99. The number of aromatic hydroxyl groups is 2. The Bertz CT molecular complexity index is 560. The first-order valence-corrected chi connectivity index (χ1v) is 9.05. The predicted molar refractivity (Wildman–Crippen MR) is 82.0 cm³/mol. The molecule has 0 saturated carbocycles. The van der Waals surface area contributed by atoms with E-state index in [4.69, 9.17) is 0 Å². The minimum absolute atomic E-state index is 0.0960. The van der Waals surface area contributed by atoms with Crippen molar-refractivity contribution in [2.24, 2.45) is 0 Å². The molecule has 102 valence electrons. The van der Waals surface area contributed by atoms with Gasteiger partial charge in [0.05, 0.1) is 10.5 Å². The topological polar surface area (TPSA) is 72.7 Å². The van der Waals surface area contributed by atoms with Crippen molar-refractivity contribution in [2.75, 3.05) is 13.0 Å². The van der Waals surface area contributed by atoms with Crippen LogP contribution in [0.3, 0.4) is 0 Å². The van der Waals surface area contributed by atoms with E-state index in [1.165, 1.54) is 29.4 Å². The third kappa shape index (κ3) is 3.84. The second kappa shape index (κ2) is 6.59. The zero-order valence-electron chi connectivity index (χ0n) is 10.2. The van der Waals surface area contributed by atoms with Gasteiger partial charge >= 0.3 is 0 Å². The zero-order chi connectivity index (χ0) is 13.8. The number of nitrogens with one attached hydrogen (secondary N) is 1. The van der Waals surface area contributed by atoms with E-state index in [1.807, 2.05) is 12.1 Å². The monoisotopic (exact) mass is 315 g/mol. The highest BCUT2D eigenvalue weighted by atomic mass is 32.2. The summed E-state index contributed by atoms with van der Waals surface area (Å²) < 4.78 is 4.12. The number of phenols is 2. The SMILES string of the molecule is CP(O)CNSc1ccc(-c2cccc(O)c2O)s1. The lowest BCUT2D eigenvalue weighted by Gasteiger charge is -2.04. The van der Waals surface area contributed by atoms with Gasteiger partial charge in [0.2, 0.25) is 0 Å². The molecule has 1 aromatic heterocycles. The molecule has 19 heavy (non-hydrogen) atoms. The summed E-state index contributed by atoms with van der Waals surface area (Å²) >= 11 is 2.97. The Morgan fingerprint density at radius 2 is 2.05 bits per heavy atom. The van der Waals surface area contributed by atoms with Crippen molar-refractivity contribution in [3.8, 4) is 21.9 Å². The van der Waals surface area contributed by atoms with Gasteiger partial charge in [0.15, 0.2) is 11.5 Å². The van der Waals surface area contributed by atoms with Crippen molar-refractivity contribution in [2.45, 2.75) is 4.21 Å². The molecule has 0 amide bonds. The Balaban J connectivity index is 2.10. The fourth-order valence-electron chi connectivity index (χ4n) is 1.45. The first kappa shape index (κ1) is 14.6. The van der Waals surface area contributed by atoms with E-state index in [2.05, 4.69) is 4.72 Å². The number of thiophene rings is 1. The molecule has 4 nitrogen and oxygen atoms in total. The Kier molecular flexibility index (Phi) is 5.07. The van der Waals surface area contributed by atoms with Crippen LogP contribution < -0.4 is 4.72 Å². The maximum atomic E-state index is 9.81. The van der Waals surface area contributed by atoms with Crippen LogP contribution in [0, 0.1) is 0 Å². The Morgan fingerprint density at radius 1 is 1.26 bits per heavy atom. The average molecular weight is 315 g/mol. The maximum Gasteiger partial charge on any atom is 0.166 e. The van der Waals surface area contributed by atoms with Gasteiger partial charge < -0.3 is 15.1 Å². The molecular formula is C12H14NO3PS2. The summed E-state index contributed by atoms with van der Waals surface area (Å²) in [6.07, 6.45) is 0.574. The largest absolute Gasteiger partial charge is 0.504 e. The normalized spacial score (nSPS) is 12.5. The van der Waals surface area contributed by atoms with Crippen molar-refractivity contribution in [3.05, 3.63) is 30.3 Å². The van der Waals surface area contributed by atoms with Gasteiger partial charge in [-0.05, 0) is 42.9 Å². The molecule has 4 N–H and O–H groups in total. The molecule has 1 aromatic carbocycles. The van der Waals surface area contributed by atoms with Crippen LogP contribution in [0.25, 0.3) is 10.4 Å². The molecule has 1 heterocycles. The standard InChI is InChI=1S/C12H14NO3PS2/c1-17(16)7-13-19-11-6-5-10(18-11)8-3-2-4-9(14)12(8)15/h2-6,13-16H,7H2,1H3. The van der Waals surface area contributed by atoms with Crippen LogP contribution in [0.4, 0.5) is 0 Å². The lowest BCUT2D eigenvalue weighted by molar-refractivity contribution is 0.405. The molecule has 7 heteroatoms. The van der Waals surface area contributed by atoms with Crippen LogP contribution in [-0.4, -0.2) is 28.1 Å². The molecule has 0 fully saturated rings. The van der Waals surface area contributed by atoms with Crippen molar-refractivity contribution in [1.29, 1.82) is 0 Å². The zero-order valence-corrected chi connectivity index (χ0v) is 12.7. The summed E-state index contributed by atoms with van der Waals surface area (Å²) in [6.45, 7) is 1.79. The smallest absolute Gasteiger partial charge is 0.166 e. The molecule has 2 aromatic rings. The van der Waals surface area contributed by atoms with Gasteiger partial charge in [0, 0.05) is 18.6 Å². The Hall–Kier alpha value is -0.780. The van der Waals surface area contributed by atoms with E-state index in [0.717, 1.165) is 9.09 Å². The highest BCUT2D eigenvalue weighted by Gasteiger charge is 2.10. The maximum absolute atomic E-state index is 9.81. The molecule has 0 saturated heterocycles. The summed E-state index contributed by atoms with van der Waals surface area (Å²) in [7, 11) is -0.944. The van der Waals surface area contributed by atoms with E-state index >= 15 is 0 Å². The quantitative estimate of drug-likeness (QED) is 0.387. The van der Waals surface area contributed by atoms with E-state index in [9.17, 15) is 15.1 Å². The fourth-order valence-corrected chi connectivity index (χ4v) is 4.11. The van der Waals surface area contributed by atoms with Gasteiger partial charge in [-0.3, -0.25) is 4.72 Å². The van der Waals surface area contributed by atoms with E-state index in [1.54, 1.807) is 18.8 Å². The summed E-state index contributed by atoms with van der Waals surface area (Å²) in [5.41, 5.74) is 0.622. The minimum atomic E-state index is -0.944. The van der Waals surface area contributed by atoms with Crippen LogP contribution >= 0.6 is 31.4 Å². The van der Waals surface area contributed by atoms with Crippen molar-refractivity contribution in [1.82, 2.24) is 4.72 Å². The predicted octanol–water partition coefficient (Wildman–Crippen LogP) is 3.40. The molecule has 1 atom stereocenters. The molecule has 0 bridgehead atoms. The van der Waals surface area contributed by atoms with Crippen LogP contribution in [0.1, 0.15) is 0 Å². The number of para-hydroxylation sites is 1. The van der Waals surface area contributed by atoms with Crippen LogP contribution in [0.15, 0.2) is 34.5 Å². The fraction of sp³-hybridized carbons (Fsp3) is 0.167. The summed E-state index contributed by atoms with van der Waals surface area (Å²) in [5.74, 6) is -0.212. The van der Waals surface area contributed by atoms with Crippen molar-refractivity contribution < 1.29 is 15.1 Å². The molecule has 0 aliphatic carbocycles. The average Bonchev–Trinajstić information content (AvgIpc) is 2.81. The number of phenolic OH excluding ortho intramolecular Hbond substituents is 2. The van der Waals surface area contributed by atoms with Crippen molar-refractivity contribution in [3.63, 3.8) is 0 Å². The van der Waals surface area contributed by atoms with E-state index in [0.29, 0.717) is 11.8 Å². The van der Waals surface area contributed by atoms with Crippen molar-refractivity contribution >= 4 is 31.4 Å². The summed E-state index contributed by atoms with van der Waals surface area (Å²) in [6, 6.07) is 8.76. The van der Waals surface area contributed by atoms with E-state index < -0.39 is 8.15 Å². The Morgan fingerprint density at radius 3 is 2.79 bits per heavy atom. The second-order valence-electron chi connectivity index (χ2n) is 3.85. The molecular weight excluding hydrogens is 301 g/mol. The number of benzene rings is 1. The summed E-state index contributed by atoms with van der Waals surface area (Å²) in [5, 5.41) is 19.3. The molecule has 1 unspecified atom stereocenters. The first-order valence-electron chi connectivity index (χ1n) is 5.49. The van der Waals surface area contributed by atoms with E-state index in [-0.39, 0.29) is 11.5 Å². The minimum Gasteiger partial charge on any atom is -0.504 e. The molecule has 0 aliphatic heterocycles. The molecule has 0 radical (unpaired) electrons. The second-order valence-corrected chi connectivity index (χ2v) is 7.76. The van der Waals surface area contributed by atoms with Gasteiger partial charge in [0.25, 0.3) is 0 Å². The number of rotatable bonds is 5.